The van der Waals surface area contributed by atoms with Gasteiger partial charge in [0, 0.05) is 13.1 Å². The van der Waals surface area contributed by atoms with Crippen molar-refractivity contribution in [3.05, 3.63) is 35.1 Å². The monoisotopic (exact) mass is 275 g/mol. The molecule has 1 fully saturated rings. The summed E-state index contributed by atoms with van der Waals surface area (Å²) >= 11 is 0. The van der Waals surface area contributed by atoms with Crippen molar-refractivity contribution in [1.82, 2.24) is 4.90 Å². The summed E-state index contributed by atoms with van der Waals surface area (Å²) in [5.74, 6) is 5.64. The summed E-state index contributed by atoms with van der Waals surface area (Å²) < 4.78 is 13.6. The van der Waals surface area contributed by atoms with Crippen LogP contribution in [0.1, 0.15) is 37.3 Å². The van der Waals surface area contributed by atoms with Gasteiger partial charge in [-0.2, -0.15) is 0 Å². The number of benzene rings is 1. The Morgan fingerprint density at radius 2 is 2.30 bits per heavy atom. The normalized spacial score (nSPS) is 19.4. The van der Waals surface area contributed by atoms with Crippen LogP contribution in [0.5, 0.6) is 0 Å². The van der Waals surface area contributed by atoms with E-state index >= 15 is 0 Å². The fourth-order valence-corrected chi connectivity index (χ4v) is 2.79. The van der Waals surface area contributed by atoms with Crippen molar-refractivity contribution in [2.75, 3.05) is 19.7 Å². The summed E-state index contributed by atoms with van der Waals surface area (Å²) in [6.45, 7) is 5.10. The molecule has 1 aromatic rings. The smallest absolute Gasteiger partial charge is 0.138 e. The lowest BCUT2D eigenvalue weighted by Crippen LogP contribution is -2.34. The highest BCUT2D eigenvalue weighted by molar-refractivity contribution is 5.38. The summed E-state index contributed by atoms with van der Waals surface area (Å²) in [4.78, 5) is 2.44. The maximum Gasteiger partial charge on any atom is 0.138 e. The van der Waals surface area contributed by atoms with Crippen LogP contribution in [0.3, 0.4) is 0 Å². The van der Waals surface area contributed by atoms with E-state index in [1.54, 1.807) is 6.07 Å². The molecular weight excluding hydrogens is 253 g/mol. The topological polar surface area (TPSA) is 23.5 Å². The fraction of sp³-hybridized carbons (Fsp3) is 0.529. The van der Waals surface area contributed by atoms with Crippen LogP contribution in [0.2, 0.25) is 0 Å². The molecule has 0 aliphatic carbocycles. The minimum Gasteiger partial charge on any atom is -0.384 e. The minimum atomic E-state index is -0.320. The lowest BCUT2D eigenvalue weighted by molar-refractivity contribution is 0.164. The maximum atomic E-state index is 13.6. The Labute approximate surface area is 120 Å². The number of likely N-dealkylation sites (tertiary alicyclic amines) is 1. The van der Waals surface area contributed by atoms with Crippen molar-refractivity contribution in [3.8, 4) is 11.8 Å². The Bertz CT molecular complexity index is 503. The quantitative estimate of drug-likeness (QED) is 0.857. The van der Waals surface area contributed by atoms with Crippen LogP contribution in [-0.2, 0) is 6.54 Å². The van der Waals surface area contributed by atoms with Gasteiger partial charge in [-0.25, -0.2) is 4.39 Å². The van der Waals surface area contributed by atoms with Crippen molar-refractivity contribution in [3.63, 3.8) is 0 Å². The van der Waals surface area contributed by atoms with Crippen LogP contribution in [0.4, 0.5) is 4.39 Å². The van der Waals surface area contributed by atoms with Crippen molar-refractivity contribution in [2.45, 2.75) is 32.7 Å². The molecule has 1 aromatic carbocycles. The molecule has 1 heterocycles. The number of piperidine rings is 1. The van der Waals surface area contributed by atoms with E-state index < -0.39 is 0 Å². The van der Waals surface area contributed by atoms with Gasteiger partial charge in [-0.3, -0.25) is 4.90 Å². The van der Waals surface area contributed by atoms with Crippen molar-refractivity contribution < 1.29 is 9.50 Å². The van der Waals surface area contributed by atoms with E-state index in [9.17, 15) is 4.39 Å². The summed E-state index contributed by atoms with van der Waals surface area (Å²) in [6, 6.07) is 5.10. The van der Waals surface area contributed by atoms with Gasteiger partial charge >= 0.3 is 0 Å². The minimum absolute atomic E-state index is 0.242. The second-order valence-electron chi connectivity index (χ2n) is 5.43. The molecule has 0 aromatic heterocycles. The zero-order valence-electron chi connectivity index (χ0n) is 12.0. The first-order valence-corrected chi connectivity index (χ1v) is 7.33. The van der Waals surface area contributed by atoms with Crippen LogP contribution < -0.4 is 0 Å². The maximum absolute atomic E-state index is 13.6. The standard InChI is InChI=1S/C17H22FNO/c1-2-14-5-3-9-19(12-14)13-15-7-8-17(18)16(11-15)6-4-10-20/h7-8,11,14,20H,2-3,5,9-10,12-13H2,1H3. The van der Waals surface area contributed by atoms with E-state index in [0.29, 0.717) is 5.56 Å². The lowest BCUT2D eigenvalue weighted by atomic mass is 9.95. The number of aliphatic hydroxyl groups is 1. The van der Waals surface area contributed by atoms with Crippen LogP contribution in [0.15, 0.2) is 18.2 Å². The molecule has 20 heavy (non-hydrogen) atoms. The largest absolute Gasteiger partial charge is 0.384 e. The van der Waals surface area contributed by atoms with Gasteiger partial charge in [-0.05, 0) is 43.0 Å². The molecule has 0 radical (unpaired) electrons. The van der Waals surface area contributed by atoms with Gasteiger partial charge in [0.1, 0.15) is 12.4 Å². The second-order valence-corrected chi connectivity index (χ2v) is 5.43. The first-order chi connectivity index (χ1) is 9.72. The Balaban J connectivity index is 2.05. The van der Waals surface area contributed by atoms with Crippen molar-refractivity contribution >= 4 is 0 Å². The van der Waals surface area contributed by atoms with Gasteiger partial charge in [-0.15, -0.1) is 0 Å². The van der Waals surface area contributed by atoms with Crippen LogP contribution in [0, 0.1) is 23.6 Å². The van der Waals surface area contributed by atoms with Gasteiger partial charge in [0.15, 0.2) is 0 Å². The molecule has 0 spiro atoms. The third kappa shape index (κ3) is 4.06. The predicted octanol–water partition coefficient (Wildman–Crippen LogP) is 2.79. The molecule has 0 bridgehead atoms. The molecule has 1 aliphatic rings. The Morgan fingerprint density at radius 3 is 3.05 bits per heavy atom. The van der Waals surface area contributed by atoms with E-state index in [4.69, 9.17) is 5.11 Å². The number of nitrogens with zero attached hydrogens (tertiary/aromatic N) is 1. The highest BCUT2D eigenvalue weighted by atomic mass is 19.1. The third-order valence-electron chi connectivity index (χ3n) is 3.92. The van der Waals surface area contributed by atoms with Gasteiger partial charge < -0.3 is 5.11 Å². The van der Waals surface area contributed by atoms with Gasteiger partial charge in [0.2, 0.25) is 0 Å². The summed E-state index contributed by atoms with van der Waals surface area (Å²) in [7, 11) is 0. The molecule has 0 amide bonds. The number of hydrogen-bond acceptors (Lipinski definition) is 2. The average Bonchev–Trinajstić information content (AvgIpc) is 2.48. The lowest BCUT2D eigenvalue weighted by Gasteiger charge is -2.32. The number of halogens is 1. The number of rotatable bonds is 3. The van der Waals surface area contributed by atoms with Gasteiger partial charge in [0.25, 0.3) is 0 Å². The molecule has 2 nitrogen and oxygen atoms in total. The summed E-state index contributed by atoms with van der Waals surface area (Å²) in [5, 5.41) is 8.70. The van der Waals surface area contributed by atoms with Gasteiger partial charge in [-0.1, -0.05) is 31.3 Å². The summed E-state index contributed by atoms with van der Waals surface area (Å²) in [5.41, 5.74) is 1.46. The van der Waals surface area contributed by atoms with Crippen molar-refractivity contribution in [2.24, 2.45) is 5.92 Å². The molecule has 2 rings (SSSR count). The molecule has 1 N–H and O–H groups in total. The summed E-state index contributed by atoms with van der Waals surface area (Å²) in [6.07, 6.45) is 3.80. The first kappa shape index (κ1) is 15.0. The van der Waals surface area contributed by atoms with Crippen LogP contribution in [-0.4, -0.2) is 29.7 Å². The third-order valence-corrected chi connectivity index (χ3v) is 3.92. The highest BCUT2D eigenvalue weighted by Crippen LogP contribution is 2.21. The fourth-order valence-electron chi connectivity index (χ4n) is 2.79. The predicted molar refractivity (Wildman–Crippen MR) is 78.7 cm³/mol. The SMILES string of the molecule is CCC1CCCN(Cc2ccc(F)c(C#CCO)c2)C1. The zero-order valence-corrected chi connectivity index (χ0v) is 12.0. The molecule has 108 valence electrons. The average molecular weight is 275 g/mol. The van der Waals surface area contributed by atoms with E-state index in [0.717, 1.165) is 31.1 Å². The van der Waals surface area contributed by atoms with Crippen molar-refractivity contribution in [1.29, 1.82) is 0 Å². The number of hydrogen-bond donors (Lipinski definition) is 1. The molecule has 3 heteroatoms. The first-order valence-electron chi connectivity index (χ1n) is 7.33. The molecule has 1 saturated heterocycles. The molecule has 0 saturated carbocycles. The van der Waals surface area contributed by atoms with E-state index in [1.165, 1.54) is 25.3 Å². The molecule has 1 unspecified atom stereocenters. The van der Waals surface area contributed by atoms with Gasteiger partial charge in [0.05, 0.1) is 5.56 Å². The molecular formula is C17H22FNO. The molecule has 1 aliphatic heterocycles. The van der Waals surface area contributed by atoms with Crippen LogP contribution in [0.25, 0.3) is 0 Å². The Kier molecular flexibility index (Phi) is 5.58. The van der Waals surface area contributed by atoms with E-state index in [-0.39, 0.29) is 12.4 Å². The Hall–Kier alpha value is -1.37. The zero-order chi connectivity index (χ0) is 14.4. The Morgan fingerprint density at radius 1 is 1.45 bits per heavy atom. The van der Waals surface area contributed by atoms with E-state index in [1.807, 2.05) is 6.07 Å². The number of aliphatic hydroxyl groups excluding tert-OH is 1. The second kappa shape index (κ2) is 7.42. The molecule has 1 atom stereocenters. The van der Waals surface area contributed by atoms with E-state index in [2.05, 4.69) is 23.7 Å². The highest BCUT2D eigenvalue weighted by Gasteiger charge is 2.18. The van der Waals surface area contributed by atoms with Crippen LogP contribution >= 0.6 is 0 Å².